The molecule has 0 bridgehead atoms. The topological polar surface area (TPSA) is 96.0 Å². The zero-order valence-electron chi connectivity index (χ0n) is 22.5. The predicted molar refractivity (Wildman–Crippen MR) is 154 cm³/mol. The number of benzene rings is 3. The highest BCUT2D eigenvalue weighted by Crippen LogP contribution is 2.27. The second-order valence-corrected chi connectivity index (χ2v) is 11.6. The Kier molecular flexibility index (Phi) is 10.4. The van der Waals surface area contributed by atoms with Gasteiger partial charge in [-0.15, -0.1) is 0 Å². The molecule has 1 N–H and O–H groups in total. The second-order valence-electron chi connectivity index (χ2n) is 9.33. The molecule has 2 amide bonds. The van der Waals surface area contributed by atoms with Crippen LogP contribution in [0.2, 0.25) is 5.02 Å². The number of anilines is 1. The van der Waals surface area contributed by atoms with Crippen LogP contribution in [0.15, 0.2) is 83.8 Å². The highest BCUT2D eigenvalue weighted by molar-refractivity contribution is 7.92. The van der Waals surface area contributed by atoms with Gasteiger partial charge in [0.15, 0.2) is 0 Å². The summed E-state index contributed by atoms with van der Waals surface area (Å²) < 4.78 is 33.8. The smallest absolute Gasteiger partial charge is 0.264 e. The number of halogens is 1. The number of ether oxygens (including phenoxy) is 1. The molecule has 208 valence electrons. The largest absolute Gasteiger partial charge is 0.497 e. The van der Waals surface area contributed by atoms with Crippen LogP contribution in [0.25, 0.3) is 0 Å². The minimum absolute atomic E-state index is 0.00696. The Morgan fingerprint density at radius 1 is 0.923 bits per heavy atom. The molecule has 0 saturated carbocycles. The number of hydrogen-bond donors (Lipinski definition) is 1. The van der Waals surface area contributed by atoms with Crippen LogP contribution in [0.5, 0.6) is 5.75 Å². The molecule has 3 aromatic carbocycles. The van der Waals surface area contributed by atoms with Crippen molar-refractivity contribution < 1.29 is 22.7 Å². The van der Waals surface area contributed by atoms with Gasteiger partial charge in [0.2, 0.25) is 11.8 Å². The summed E-state index contributed by atoms with van der Waals surface area (Å²) in [6.07, 6.45) is 0.498. The summed E-state index contributed by atoms with van der Waals surface area (Å²) in [5.41, 5.74) is 1.26. The van der Waals surface area contributed by atoms with Gasteiger partial charge < -0.3 is 15.0 Å². The molecule has 3 rings (SSSR count). The van der Waals surface area contributed by atoms with Crippen molar-refractivity contribution >= 4 is 39.1 Å². The highest BCUT2D eigenvalue weighted by atomic mass is 35.5. The summed E-state index contributed by atoms with van der Waals surface area (Å²) in [5.74, 6) is -0.327. The number of methoxy groups -OCH3 is 1. The van der Waals surface area contributed by atoms with Gasteiger partial charge in [-0.3, -0.25) is 13.9 Å². The average Bonchev–Trinajstić information content (AvgIpc) is 2.92. The molecular formula is C29H34ClN3O5S. The second kappa shape index (κ2) is 13.5. The van der Waals surface area contributed by atoms with E-state index in [1.54, 1.807) is 43.3 Å². The number of hydrogen-bond acceptors (Lipinski definition) is 5. The Morgan fingerprint density at radius 2 is 1.54 bits per heavy atom. The maximum atomic E-state index is 13.8. The van der Waals surface area contributed by atoms with Gasteiger partial charge in [0.05, 0.1) is 17.7 Å². The van der Waals surface area contributed by atoms with Crippen molar-refractivity contribution in [1.29, 1.82) is 0 Å². The normalized spacial score (nSPS) is 12.1. The van der Waals surface area contributed by atoms with Gasteiger partial charge in [0.1, 0.15) is 18.3 Å². The monoisotopic (exact) mass is 571 g/mol. The van der Waals surface area contributed by atoms with Gasteiger partial charge in [0.25, 0.3) is 10.0 Å². The fraction of sp³-hybridized carbons (Fsp3) is 0.310. The third kappa shape index (κ3) is 7.97. The van der Waals surface area contributed by atoms with Crippen molar-refractivity contribution in [3.8, 4) is 5.75 Å². The van der Waals surface area contributed by atoms with Crippen LogP contribution in [-0.4, -0.2) is 57.4 Å². The Bertz CT molecular complexity index is 1350. The van der Waals surface area contributed by atoms with E-state index in [1.165, 1.54) is 24.1 Å². The maximum absolute atomic E-state index is 13.8. The van der Waals surface area contributed by atoms with E-state index < -0.39 is 28.5 Å². The Labute approximate surface area is 235 Å². The Hall–Kier alpha value is -3.56. The third-order valence-electron chi connectivity index (χ3n) is 6.12. The van der Waals surface area contributed by atoms with E-state index in [1.807, 2.05) is 44.2 Å². The van der Waals surface area contributed by atoms with E-state index in [0.717, 1.165) is 9.87 Å². The van der Waals surface area contributed by atoms with Crippen LogP contribution in [0, 0.1) is 0 Å². The number of amides is 2. The lowest BCUT2D eigenvalue weighted by Crippen LogP contribution is -2.53. The van der Waals surface area contributed by atoms with Crippen molar-refractivity contribution in [2.75, 3.05) is 24.5 Å². The van der Waals surface area contributed by atoms with Crippen LogP contribution in [0.1, 0.15) is 26.3 Å². The van der Waals surface area contributed by atoms with Crippen molar-refractivity contribution in [1.82, 2.24) is 10.2 Å². The molecular weight excluding hydrogens is 538 g/mol. The van der Waals surface area contributed by atoms with Gasteiger partial charge in [-0.25, -0.2) is 8.42 Å². The molecule has 3 aromatic rings. The van der Waals surface area contributed by atoms with Crippen molar-refractivity contribution in [2.24, 2.45) is 0 Å². The van der Waals surface area contributed by atoms with E-state index in [-0.39, 0.29) is 29.1 Å². The van der Waals surface area contributed by atoms with Gasteiger partial charge in [-0.05, 0) is 81.3 Å². The molecule has 0 heterocycles. The molecule has 10 heteroatoms. The summed E-state index contributed by atoms with van der Waals surface area (Å²) in [5, 5.41) is 3.27. The van der Waals surface area contributed by atoms with Crippen LogP contribution >= 0.6 is 11.6 Å². The first-order valence-electron chi connectivity index (χ1n) is 12.6. The van der Waals surface area contributed by atoms with Gasteiger partial charge in [0, 0.05) is 17.6 Å². The Balaban J connectivity index is 1.97. The molecule has 0 aliphatic carbocycles. The summed E-state index contributed by atoms with van der Waals surface area (Å²) >= 11 is 6.05. The number of nitrogens with zero attached hydrogens (tertiary/aromatic N) is 2. The zero-order valence-corrected chi connectivity index (χ0v) is 24.1. The minimum Gasteiger partial charge on any atom is -0.497 e. The molecule has 0 saturated heterocycles. The molecule has 0 fully saturated rings. The fourth-order valence-corrected chi connectivity index (χ4v) is 5.53. The number of nitrogens with one attached hydrogen (secondary N) is 1. The third-order valence-corrected chi connectivity index (χ3v) is 8.16. The quantitative estimate of drug-likeness (QED) is 0.345. The van der Waals surface area contributed by atoms with E-state index in [9.17, 15) is 18.0 Å². The molecule has 39 heavy (non-hydrogen) atoms. The summed E-state index contributed by atoms with van der Waals surface area (Å²) in [4.78, 5) is 28.2. The number of sulfonamides is 1. The number of rotatable bonds is 12. The Morgan fingerprint density at radius 3 is 2.10 bits per heavy atom. The van der Waals surface area contributed by atoms with Crippen molar-refractivity contribution in [3.63, 3.8) is 0 Å². The average molecular weight is 572 g/mol. The van der Waals surface area contributed by atoms with E-state index in [0.29, 0.717) is 17.2 Å². The number of carbonyl (C=O) groups is 2. The van der Waals surface area contributed by atoms with E-state index in [4.69, 9.17) is 16.3 Å². The van der Waals surface area contributed by atoms with Crippen molar-refractivity contribution in [3.05, 3.63) is 89.4 Å². The lowest BCUT2D eigenvalue weighted by Gasteiger charge is -2.32. The minimum atomic E-state index is -4.17. The molecule has 0 radical (unpaired) electrons. The lowest BCUT2D eigenvalue weighted by atomic mass is 10.1. The number of carbonyl (C=O) groups excluding carboxylic acids is 2. The zero-order chi connectivity index (χ0) is 28.6. The molecule has 0 spiro atoms. The van der Waals surface area contributed by atoms with Crippen LogP contribution in [-0.2, 0) is 26.0 Å². The van der Waals surface area contributed by atoms with Gasteiger partial charge in [-0.2, -0.15) is 0 Å². The van der Waals surface area contributed by atoms with Gasteiger partial charge >= 0.3 is 0 Å². The van der Waals surface area contributed by atoms with E-state index >= 15 is 0 Å². The van der Waals surface area contributed by atoms with Crippen LogP contribution in [0.4, 0.5) is 5.69 Å². The first-order valence-corrected chi connectivity index (χ1v) is 14.4. The molecule has 1 atom stereocenters. The van der Waals surface area contributed by atoms with Crippen LogP contribution < -0.4 is 14.4 Å². The van der Waals surface area contributed by atoms with Gasteiger partial charge in [-0.1, -0.05) is 41.9 Å². The SMILES string of the molecule is COc1ccc(S(=O)(=O)N(CC(=O)N(CCc2ccccc2)[C@@H](C)C(=O)NC(C)C)c2ccc(Cl)cc2)cc1. The van der Waals surface area contributed by atoms with Crippen molar-refractivity contribution in [2.45, 2.75) is 44.2 Å². The standard InChI is InChI=1S/C29H34ClN3O5S/c1-21(2)31-29(35)22(3)32(19-18-23-8-6-5-7-9-23)28(34)20-33(25-12-10-24(30)11-13-25)39(36,37)27-16-14-26(38-4)15-17-27/h5-17,21-22H,18-20H2,1-4H3,(H,31,35)/t22-/m0/s1. The van der Waals surface area contributed by atoms with E-state index in [2.05, 4.69) is 5.32 Å². The molecule has 0 aliphatic heterocycles. The molecule has 8 nitrogen and oxygen atoms in total. The summed E-state index contributed by atoms with van der Waals surface area (Å²) in [7, 11) is -2.68. The fourth-order valence-electron chi connectivity index (χ4n) is 3.99. The van der Waals surface area contributed by atoms with Crippen LogP contribution in [0.3, 0.4) is 0 Å². The maximum Gasteiger partial charge on any atom is 0.264 e. The summed E-state index contributed by atoms with van der Waals surface area (Å²) in [6, 6.07) is 20.8. The highest BCUT2D eigenvalue weighted by Gasteiger charge is 2.32. The summed E-state index contributed by atoms with van der Waals surface area (Å²) in [6.45, 7) is 5.04. The predicted octanol–water partition coefficient (Wildman–Crippen LogP) is 4.53. The molecule has 0 aliphatic rings. The molecule has 0 unspecified atom stereocenters. The lowest BCUT2D eigenvalue weighted by molar-refractivity contribution is -0.139. The molecule has 0 aromatic heterocycles. The first-order chi connectivity index (χ1) is 18.5. The first kappa shape index (κ1) is 30.0.